The summed E-state index contributed by atoms with van der Waals surface area (Å²) in [7, 11) is 0. The van der Waals surface area contributed by atoms with Gasteiger partial charge in [0.15, 0.2) is 0 Å². The molecule has 1 aromatic carbocycles. The highest BCUT2D eigenvalue weighted by Crippen LogP contribution is 2.31. The number of carbonyl (C=O) groups is 1. The van der Waals surface area contributed by atoms with E-state index in [1.54, 1.807) is 11.8 Å². The summed E-state index contributed by atoms with van der Waals surface area (Å²) in [6, 6.07) is 6.17. The molecule has 1 heterocycles. The van der Waals surface area contributed by atoms with Gasteiger partial charge in [0.2, 0.25) is 5.91 Å². The van der Waals surface area contributed by atoms with Crippen LogP contribution < -0.4 is 16.4 Å². The number of carbonyl (C=O) groups excluding carboxylic acids is 1. The second-order valence-electron chi connectivity index (χ2n) is 5.26. The molecule has 98 valence electrons. The minimum absolute atomic E-state index is 0.0701. The van der Waals surface area contributed by atoms with Crippen molar-refractivity contribution in [2.24, 2.45) is 5.73 Å². The van der Waals surface area contributed by atoms with E-state index in [2.05, 4.69) is 22.8 Å². The summed E-state index contributed by atoms with van der Waals surface area (Å²) in [6.45, 7) is 5.49. The van der Waals surface area contributed by atoms with Gasteiger partial charge in [-0.05, 0) is 31.5 Å². The third-order valence-corrected chi connectivity index (χ3v) is 3.66. The normalized spacial score (nSPS) is 15.2. The average molecular weight is 265 g/mol. The largest absolute Gasteiger partial charge is 0.324 e. The number of anilines is 1. The molecule has 0 bridgehead atoms. The van der Waals surface area contributed by atoms with Crippen LogP contribution in [0.3, 0.4) is 0 Å². The summed E-state index contributed by atoms with van der Waals surface area (Å²) in [5, 5.41) is 6.21. The number of benzene rings is 1. The number of amides is 1. The van der Waals surface area contributed by atoms with Crippen LogP contribution in [0.4, 0.5) is 5.69 Å². The number of rotatable bonds is 4. The Morgan fingerprint density at radius 3 is 3.00 bits per heavy atom. The van der Waals surface area contributed by atoms with Gasteiger partial charge in [-0.15, -0.1) is 11.8 Å². The number of hydrogen-bond donors (Lipinski definition) is 3. The fourth-order valence-electron chi connectivity index (χ4n) is 1.77. The first-order chi connectivity index (χ1) is 8.44. The van der Waals surface area contributed by atoms with Crippen LogP contribution in [0, 0.1) is 0 Å². The first-order valence-corrected chi connectivity index (χ1v) is 6.98. The van der Waals surface area contributed by atoms with Crippen molar-refractivity contribution < 1.29 is 4.79 Å². The zero-order valence-corrected chi connectivity index (χ0v) is 11.6. The number of hydrogen-bond acceptors (Lipinski definition) is 4. The molecule has 4 N–H and O–H groups in total. The zero-order chi connectivity index (χ0) is 13.2. The second-order valence-corrected chi connectivity index (χ2v) is 6.28. The van der Waals surface area contributed by atoms with Crippen molar-refractivity contribution in [3.05, 3.63) is 23.8 Å². The lowest BCUT2D eigenvalue weighted by atomic mass is 10.1. The van der Waals surface area contributed by atoms with Crippen molar-refractivity contribution in [2.45, 2.75) is 30.8 Å². The predicted molar refractivity (Wildman–Crippen MR) is 75.8 cm³/mol. The molecular weight excluding hydrogens is 246 g/mol. The molecule has 0 radical (unpaired) electrons. The van der Waals surface area contributed by atoms with Crippen molar-refractivity contribution in [1.29, 1.82) is 0 Å². The van der Waals surface area contributed by atoms with Crippen LogP contribution in [-0.4, -0.2) is 23.7 Å². The van der Waals surface area contributed by atoms with Crippen molar-refractivity contribution in [3.63, 3.8) is 0 Å². The number of fused-ring (bicyclic) bond motifs is 1. The topological polar surface area (TPSA) is 67.2 Å². The van der Waals surface area contributed by atoms with E-state index >= 15 is 0 Å². The van der Waals surface area contributed by atoms with Crippen LogP contribution in [0.2, 0.25) is 0 Å². The maximum Gasteiger partial charge on any atom is 0.234 e. The van der Waals surface area contributed by atoms with Crippen LogP contribution in [-0.2, 0) is 11.3 Å². The minimum atomic E-state index is -0.210. The molecule has 0 aliphatic carbocycles. The Hall–Kier alpha value is -1.04. The predicted octanol–water partition coefficient (Wildman–Crippen LogP) is 1.56. The Balaban J connectivity index is 1.98. The Kier molecular flexibility index (Phi) is 3.94. The van der Waals surface area contributed by atoms with Crippen molar-refractivity contribution in [1.82, 2.24) is 5.32 Å². The second kappa shape index (κ2) is 5.30. The van der Waals surface area contributed by atoms with E-state index in [0.29, 0.717) is 5.75 Å². The molecule has 0 fully saturated rings. The summed E-state index contributed by atoms with van der Waals surface area (Å²) in [5.74, 6) is 0.576. The quantitative estimate of drug-likeness (QED) is 0.773. The molecular formula is C13H19N3OS. The molecule has 18 heavy (non-hydrogen) atoms. The van der Waals surface area contributed by atoms with Gasteiger partial charge in [0, 0.05) is 23.5 Å². The van der Waals surface area contributed by atoms with Crippen LogP contribution in [0.15, 0.2) is 23.1 Å². The molecule has 4 nitrogen and oxygen atoms in total. The molecule has 0 aromatic heterocycles. The Morgan fingerprint density at radius 2 is 2.28 bits per heavy atom. The number of nitrogens with two attached hydrogens (primary N) is 1. The van der Waals surface area contributed by atoms with Gasteiger partial charge in [-0.3, -0.25) is 4.79 Å². The van der Waals surface area contributed by atoms with E-state index in [4.69, 9.17) is 5.73 Å². The summed E-state index contributed by atoms with van der Waals surface area (Å²) < 4.78 is 0. The van der Waals surface area contributed by atoms with Crippen molar-refractivity contribution in [3.8, 4) is 0 Å². The molecule has 1 aromatic rings. The van der Waals surface area contributed by atoms with Crippen molar-refractivity contribution >= 4 is 23.4 Å². The summed E-state index contributed by atoms with van der Waals surface area (Å²) in [5.41, 5.74) is 7.77. The lowest BCUT2D eigenvalue weighted by Gasteiger charge is -2.20. The van der Waals surface area contributed by atoms with Gasteiger partial charge < -0.3 is 16.4 Å². The lowest BCUT2D eigenvalue weighted by Crippen LogP contribution is -2.42. The van der Waals surface area contributed by atoms with E-state index in [0.717, 1.165) is 29.2 Å². The molecule has 1 amide bonds. The fraction of sp³-hybridized carbons (Fsp3) is 0.462. The van der Waals surface area contributed by atoms with E-state index in [1.165, 1.54) is 0 Å². The fourth-order valence-corrected chi connectivity index (χ4v) is 2.56. The smallest absolute Gasteiger partial charge is 0.234 e. The van der Waals surface area contributed by atoms with Crippen molar-refractivity contribution in [2.75, 3.05) is 17.6 Å². The molecule has 1 aliphatic heterocycles. The van der Waals surface area contributed by atoms with Gasteiger partial charge >= 0.3 is 0 Å². The summed E-state index contributed by atoms with van der Waals surface area (Å²) in [4.78, 5) is 12.5. The van der Waals surface area contributed by atoms with E-state index in [-0.39, 0.29) is 11.4 Å². The van der Waals surface area contributed by atoms with Gasteiger partial charge in [0.1, 0.15) is 0 Å². The summed E-state index contributed by atoms with van der Waals surface area (Å²) in [6.07, 6.45) is 0. The van der Waals surface area contributed by atoms with E-state index < -0.39 is 0 Å². The molecule has 0 saturated carbocycles. The zero-order valence-electron chi connectivity index (χ0n) is 10.7. The Labute approximate surface area is 112 Å². The maximum atomic E-state index is 11.3. The monoisotopic (exact) mass is 265 g/mol. The average Bonchev–Trinajstić information content (AvgIpc) is 2.26. The third-order valence-electron chi connectivity index (χ3n) is 2.59. The lowest BCUT2D eigenvalue weighted by molar-refractivity contribution is -0.113. The van der Waals surface area contributed by atoms with Crippen LogP contribution in [0.25, 0.3) is 0 Å². The van der Waals surface area contributed by atoms with Crippen LogP contribution in [0.1, 0.15) is 19.4 Å². The van der Waals surface area contributed by atoms with E-state index in [9.17, 15) is 4.79 Å². The van der Waals surface area contributed by atoms with Gasteiger partial charge in [0.05, 0.1) is 11.4 Å². The molecule has 5 heteroatoms. The molecule has 0 saturated heterocycles. The SMILES string of the molecule is CC(C)(N)CNCc1ccc2c(c1)NC(=O)CS2. The maximum absolute atomic E-state index is 11.3. The van der Waals surface area contributed by atoms with E-state index in [1.807, 2.05) is 19.9 Å². The molecule has 0 spiro atoms. The van der Waals surface area contributed by atoms with Crippen LogP contribution >= 0.6 is 11.8 Å². The van der Waals surface area contributed by atoms with Crippen LogP contribution in [0.5, 0.6) is 0 Å². The van der Waals surface area contributed by atoms with Gasteiger partial charge in [-0.2, -0.15) is 0 Å². The molecule has 2 rings (SSSR count). The molecule has 1 aliphatic rings. The Bertz CT molecular complexity index is 454. The number of thioether (sulfide) groups is 1. The molecule has 0 unspecified atom stereocenters. The van der Waals surface area contributed by atoms with Gasteiger partial charge in [-0.1, -0.05) is 6.07 Å². The number of nitrogens with one attached hydrogen (secondary N) is 2. The highest BCUT2D eigenvalue weighted by atomic mass is 32.2. The van der Waals surface area contributed by atoms with Gasteiger partial charge in [-0.25, -0.2) is 0 Å². The highest BCUT2D eigenvalue weighted by Gasteiger charge is 2.15. The third kappa shape index (κ3) is 3.73. The first kappa shape index (κ1) is 13.4. The standard InChI is InChI=1S/C13H19N3OS/c1-13(2,14)8-15-6-9-3-4-11-10(5-9)16-12(17)7-18-11/h3-5,15H,6-8,14H2,1-2H3,(H,16,17). The summed E-state index contributed by atoms with van der Waals surface area (Å²) >= 11 is 1.58. The first-order valence-electron chi connectivity index (χ1n) is 5.99. The van der Waals surface area contributed by atoms with Gasteiger partial charge in [0.25, 0.3) is 0 Å². The minimum Gasteiger partial charge on any atom is -0.324 e. The highest BCUT2D eigenvalue weighted by molar-refractivity contribution is 8.00. The molecule has 0 atom stereocenters. The Morgan fingerprint density at radius 1 is 1.50 bits per heavy atom.